The fourth-order valence-corrected chi connectivity index (χ4v) is 17.2. The van der Waals surface area contributed by atoms with E-state index in [2.05, 4.69) is 194 Å². The van der Waals surface area contributed by atoms with E-state index in [-0.39, 0.29) is 11.6 Å². The summed E-state index contributed by atoms with van der Waals surface area (Å²) in [7, 11) is -4.81. The SMILES string of the molecule is O=C1c2ccccc2C(=O)c2cc(C[P+](c3ccccc3)(c3ccccc3)c3ccccc3)c(C[P+](c3ccccc3)(c3ccccc3)c3ccccc3)cc21. The molecule has 1 aliphatic rings. The van der Waals surface area contributed by atoms with Gasteiger partial charge in [0, 0.05) is 22.3 Å². The van der Waals surface area contributed by atoms with Gasteiger partial charge in [-0.2, -0.15) is 0 Å². The first-order chi connectivity index (χ1) is 27.6. The summed E-state index contributed by atoms with van der Waals surface area (Å²) in [6.07, 6.45) is 1.35. The number of hydrogen-bond acceptors (Lipinski definition) is 2. The van der Waals surface area contributed by atoms with Crippen molar-refractivity contribution in [1.82, 2.24) is 0 Å². The highest BCUT2D eigenvalue weighted by atomic mass is 31.2. The lowest BCUT2D eigenvalue weighted by Gasteiger charge is -2.31. The van der Waals surface area contributed by atoms with Gasteiger partial charge in [0.15, 0.2) is 11.6 Å². The van der Waals surface area contributed by atoms with E-state index in [1.807, 2.05) is 12.1 Å². The van der Waals surface area contributed by atoms with Gasteiger partial charge in [-0.25, -0.2) is 0 Å². The van der Waals surface area contributed by atoms with E-state index in [0.29, 0.717) is 34.6 Å². The van der Waals surface area contributed by atoms with Crippen LogP contribution in [0.25, 0.3) is 0 Å². The summed E-state index contributed by atoms with van der Waals surface area (Å²) in [5.41, 5.74) is 4.12. The van der Waals surface area contributed by atoms with Crippen molar-refractivity contribution in [2.24, 2.45) is 0 Å². The summed E-state index contributed by atoms with van der Waals surface area (Å²) in [5, 5.41) is 7.61. The van der Waals surface area contributed by atoms with Crippen molar-refractivity contribution in [1.29, 1.82) is 0 Å². The smallest absolute Gasteiger partial charge is 0.194 e. The Hall–Kier alpha value is -6.04. The molecule has 268 valence electrons. The summed E-state index contributed by atoms with van der Waals surface area (Å²) in [6.45, 7) is 0. The predicted octanol–water partition coefficient (Wildman–Crippen LogP) is 9.45. The average molecular weight is 759 g/mol. The van der Waals surface area contributed by atoms with Crippen LogP contribution in [0.3, 0.4) is 0 Å². The maximum Gasteiger partial charge on any atom is 0.194 e. The van der Waals surface area contributed by atoms with Crippen molar-refractivity contribution in [2.45, 2.75) is 12.3 Å². The molecule has 0 saturated heterocycles. The first-order valence-corrected chi connectivity index (χ1v) is 23.0. The number of carbonyl (C=O) groups is 2. The molecule has 0 unspecified atom stereocenters. The van der Waals surface area contributed by atoms with Crippen LogP contribution in [0.1, 0.15) is 43.0 Å². The molecule has 0 heterocycles. The van der Waals surface area contributed by atoms with Gasteiger partial charge in [-0.15, -0.1) is 0 Å². The van der Waals surface area contributed by atoms with E-state index in [0.717, 1.165) is 11.1 Å². The minimum atomic E-state index is -2.40. The van der Waals surface area contributed by atoms with Gasteiger partial charge >= 0.3 is 0 Å². The summed E-state index contributed by atoms with van der Waals surface area (Å²) in [5.74, 6) is -0.192. The van der Waals surface area contributed by atoms with Crippen molar-refractivity contribution in [3.63, 3.8) is 0 Å². The minimum Gasteiger partial charge on any atom is -0.289 e. The van der Waals surface area contributed by atoms with Gasteiger partial charge in [-0.3, -0.25) is 9.59 Å². The zero-order chi connectivity index (χ0) is 38.0. The lowest BCUT2D eigenvalue weighted by Crippen LogP contribution is -2.34. The van der Waals surface area contributed by atoms with Gasteiger partial charge in [0.05, 0.1) is 12.3 Å². The molecule has 0 fully saturated rings. The lowest BCUT2D eigenvalue weighted by molar-refractivity contribution is 0.0979. The van der Waals surface area contributed by atoms with E-state index in [9.17, 15) is 9.59 Å². The molecule has 0 amide bonds. The van der Waals surface area contributed by atoms with Crippen LogP contribution in [0.5, 0.6) is 0 Å². The van der Waals surface area contributed by atoms with Crippen molar-refractivity contribution in [2.75, 3.05) is 0 Å². The van der Waals surface area contributed by atoms with Crippen molar-refractivity contribution >= 4 is 57.9 Å². The highest BCUT2D eigenvalue weighted by Gasteiger charge is 2.49. The Balaban J connectivity index is 1.36. The summed E-state index contributed by atoms with van der Waals surface area (Å²) < 4.78 is 0. The second-order valence-electron chi connectivity index (χ2n) is 14.3. The van der Waals surface area contributed by atoms with E-state index in [1.54, 1.807) is 12.1 Å². The number of hydrogen-bond donors (Lipinski definition) is 0. The molecule has 4 heteroatoms. The molecule has 9 rings (SSSR count). The van der Waals surface area contributed by atoms with Gasteiger partial charge in [0.25, 0.3) is 0 Å². The van der Waals surface area contributed by atoms with Crippen molar-refractivity contribution in [3.8, 4) is 0 Å². The molecular weight excluding hydrogens is 719 g/mol. The molecule has 0 N–H and O–H groups in total. The Kier molecular flexibility index (Phi) is 9.70. The van der Waals surface area contributed by atoms with Gasteiger partial charge in [-0.1, -0.05) is 133 Å². The maximum atomic E-state index is 14.5. The van der Waals surface area contributed by atoms with Crippen LogP contribution in [0.15, 0.2) is 218 Å². The second kappa shape index (κ2) is 15.2. The number of carbonyl (C=O) groups excluding carboxylic acids is 2. The van der Waals surface area contributed by atoms with Crippen molar-refractivity contribution in [3.05, 3.63) is 252 Å². The zero-order valence-corrected chi connectivity index (χ0v) is 32.7. The van der Waals surface area contributed by atoms with Crippen LogP contribution >= 0.6 is 14.5 Å². The predicted molar refractivity (Wildman–Crippen MR) is 237 cm³/mol. The molecule has 0 spiro atoms. The molecule has 0 bridgehead atoms. The Morgan fingerprint density at radius 1 is 0.268 bits per heavy atom. The minimum absolute atomic E-state index is 0.0960. The Morgan fingerprint density at radius 3 is 0.714 bits per heavy atom. The standard InChI is InChI=1S/C52H40O2P2/c53-51-47-33-19-20-34-48(47)52(54)50-36-40(38-56(44-27-13-4-14-28-44,45-29-15-5-16-30-45)46-31-17-6-18-32-46)39(35-49(50)51)37-55(41-21-7-1-8-22-41,42-23-9-2-10-24-42)43-25-11-3-12-26-43/h1-36H,37-38H2/q+2. The van der Waals surface area contributed by atoms with Gasteiger partial charge in [0.1, 0.15) is 46.4 Å². The largest absolute Gasteiger partial charge is 0.289 e. The summed E-state index contributed by atoms with van der Waals surface area (Å²) in [4.78, 5) is 29.0. The Morgan fingerprint density at radius 2 is 0.482 bits per heavy atom. The van der Waals surface area contributed by atoms with Crippen LogP contribution in [-0.2, 0) is 12.3 Å². The Bertz CT molecular complexity index is 2270. The molecule has 0 aliphatic heterocycles. The number of benzene rings is 8. The van der Waals surface area contributed by atoms with Crippen LogP contribution in [0.2, 0.25) is 0 Å². The van der Waals surface area contributed by atoms with Crippen LogP contribution in [-0.4, -0.2) is 11.6 Å². The molecule has 8 aromatic rings. The Labute approximate surface area is 330 Å². The zero-order valence-electron chi connectivity index (χ0n) is 30.9. The first kappa shape index (κ1) is 35.6. The fourth-order valence-electron chi connectivity index (χ4n) is 8.58. The highest BCUT2D eigenvalue weighted by Crippen LogP contribution is 2.62. The molecule has 2 nitrogen and oxygen atoms in total. The van der Waals surface area contributed by atoms with Crippen molar-refractivity contribution < 1.29 is 9.59 Å². The molecule has 8 aromatic carbocycles. The topological polar surface area (TPSA) is 34.1 Å². The third kappa shape index (κ3) is 6.17. The number of ketones is 2. The number of fused-ring (bicyclic) bond motifs is 2. The molecule has 0 aromatic heterocycles. The maximum absolute atomic E-state index is 14.5. The summed E-state index contributed by atoms with van der Waals surface area (Å²) >= 11 is 0. The highest BCUT2D eigenvalue weighted by molar-refractivity contribution is 7.95. The van der Waals surface area contributed by atoms with E-state index >= 15 is 0 Å². The molecular formula is C52H40O2P2+2. The fraction of sp³-hybridized carbons (Fsp3) is 0.0385. The monoisotopic (exact) mass is 758 g/mol. The molecule has 0 saturated carbocycles. The van der Waals surface area contributed by atoms with E-state index in [4.69, 9.17) is 0 Å². The van der Waals surface area contributed by atoms with Crippen LogP contribution in [0, 0.1) is 0 Å². The van der Waals surface area contributed by atoms with E-state index in [1.165, 1.54) is 31.8 Å². The van der Waals surface area contributed by atoms with Crippen LogP contribution in [0.4, 0.5) is 0 Å². The molecule has 0 atom stereocenters. The third-order valence-corrected chi connectivity index (χ3v) is 20.0. The lowest BCUT2D eigenvalue weighted by atomic mass is 9.82. The van der Waals surface area contributed by atoms with Gasteiger partial charge in [-0.05, 0) is 96.1 Å². The quantitative estimate of drug-likeness (QED) is 0.130. The normalized spacial score (nSPS) is 12.5. The van der Waals surface area contributed by atoms with Gasteiger partial charge < -0.3 is 0 Å². The van der Waals surface area contributed by atoms with E-state index < -0.39 is 14.5 Å². The average Bonchev–Trinajstić information content (AvgIpc) is 3.28. The first-order valence-electron chi connectivity index (χ1n) is 19.0. The molecule has 0 radical (unpaired) electrons. The van der Waals surface area contributed by atoms with Gasteiger partial charge in [0.2, 0.25) is 0 Å². The molecule has 1 aliphatic carbocycles. The number of rotatable bonds is 10. The van der Waals surface area contributed by atoms with Crippen LogP contribution < -0.4 is 31.8 Å². The second-order valence-corrected chi connectivity index (χ2v) is 21.3. The summed E-state index contributed by atoms with van der Waals surface area (Å²) in [6, 6.07) is 76.9. The third-order valence-electron chi connectivity index (χ3n) is 11.2. The molecule has 56 heavy (non-hydrogen) atoms.